The molecule has 180 valence electrons. The minimum Gasteiger partial charge on any atom is -0.470 e. The molecule has 2 aromatic carbocycles. The number of hydrogen-bond acceptors (Lipinski definition) is 6. The van der Waals surface area contributed by atoms with Gasteiger partial charge in [0.2, 0.25) is 17.4 Å². The molecule has 4 aromatic rings. The highest BCUT2D eigenvalue weighted by molar-refractivity contribution is 6.04. The Morgan fingerprint density at radius 2 is 1.83 bits per heavy atom. The summed E-state index contributed by atoms with van der Waals surface area (Å²) in [6.07, 6.45) is -4.92. The Bertz CT molecular complexity index is 1430. The molecule has 11 heteroatoms. The van der Waals surface area contributed by atoms with Crippen molar-refractivity contribution in [3.05, 3.63) is 54.1 Å². The second-order valence-corrected chi connectivity index (χ2v) is 8.27. The van der Waals surface area contributed by atoms with E-state index in [0.29, 0.717) is 22.0 Å². The molecule has 0 radical (unpaired) electrons. The van der Waals surface area contributed by atoms with Crippen LogP contribution in [0.25, 0.3) is 33.5 Å². The zero-order valence-corrected chi connectivity index (χ0v) is 18.4. The molecule has 5 rings (SSSR count). The average molecular weight is 484 g/mol. The number of para-hydroxylation sites is 1. The highest BCUT2D eigenvalue weighted by Gasteiger charge is 2.39. The number of fused-ring (bicyclic) bond motifs is 3. The van der Waals surface area contributed by atoms with Gasteiger partial charge >= 0.3 is 6.18 Å². The summed E-state index contributed by atoms with van der Waals surface area (Å²) in [4.78, 5) is 34.1. The van der Waals surface area contributed by atoms with E-state index in [1.165, 1.54) is 24.0 Å². The molecule has 3 heterocycles. The molecule has 8 nitrogen and oxygen atoms in total. The second kappa shape index (κ2) is 8.26. The highest BCUT2D eigenvalue weighted by atomic mass is 19.4. The van der Waals surface area contributed by atoms with Gasteiger partial charge in [0.05, 0.1) is 12.1 Å². The molecule has 2 atom stereocenters. The molecule has 2 N–H and O–H groups in total. The summed E-state index contributed by atoms with van der Waals surface area (Å²) in [6.45, 7) is 1.45. The molecule has 1 aliphatic heterocycles. The quantitative estimate of drug-likeness (QED) is 0.470. The van der Waals surface area contributed by atoms with E-state index in [4.69, 9.17) is 14.9 Å². The van der Waals surface area contributed by atoms with Crippen LogP contribution in [0.4, 0.5) is 13.2 Å². The van der Waals surface area contributed by atoms with E-state index in [2.05, 4.69) is 9.97 Å². The van der Waals surface area contributed by atoms with Crippen molar-refractivity contribution in [1.82, 2.24) is 14.9 Å². The third kappa shape index (κ3) is 4.13. The number of halogens is 3. The van der Waals surface area contributed by atoms with Gasteiger partial charge in [-0.05, 0) is 24.3 Å². The van der Waals surface area contributed by atoms with E-state index in [0.717, 1.165) is 12.1 Å². The number of primary amides is 1. The van der Waals surface area contributed by atoms with Gasteiger partial charge in [-0.15, -0.1) is 0 Å². The van der Waals surface area contributed by atoms with Crippen molar-refractivity contribution in [2.75, 3.05) is 6.54 Å². The van der Waals surface area contributed by atoms with E-state index < -0.39 is 29.8 Å². The van der Waals surface area contributed by atoms with E-state index in [-0.39, 0.29) is 36.2 Å². The molecule has 35 heavy (non-hydrogen) atoms. The Labute approximate surface area is 196 Å². The van der Waals surface area contributed by atoms with Crippen LogP contribution in [0, 0.1) is 0 Å². The van der Waals surface area contributed by atoms with E-state index in [1.54, 1.807) is 24.3 Å². The summed E-state index contributed by atoms with van der Waals surface area (Å²) < 4.78 is 51.0. The molecule has 0 aliphatic carbocycles. The Balaban J connectivity index is 1.59. The second-order valence-electron chi connectivity index (χ2n) is 8.27. The van der Waals surface area contributed by atoms with Crippen molar-refractivity contribution in [2.45, 2.75) is 31.7 Å². The van der Waals surface area contributed by atoms with Crippen molar-refractivity contribution in [3.8, 4) is 17.3 Å². The van der Waals surface area contributed by atoms with Gasteiger partial charge in [-0.1, -0.05) is 24.3 Å². The number of likely N-dealkylation sites (tertiary alicyclic amines) is 1. The SMILES string of the molecule is CC(=O)N1C[C@H](Oc2nc(-c3ccc(C(F)(F)F)cc3)nc3c2oc2ccccc23)C[C@H]1C(N)=O. The van der Waals surface area contributed by atoms with Gasteiger partial charge in [0.15, 0.2) is 5.82 Å². The Morgan fingerprint density at radius 1 is 1.11 bits per heavy atom. The number of alkyl halides is 3. The number of carbonyl (C=O) groups excluding carboxylic acids is 2. The number of amides is 2. The fourth-order valence-electron chi connectivity index (χ4n) is 4.24. The number of furan rings is 1. The first kappa shape index (κ1) is 22.6. The van der Waals surface area contributed by atoms with Gasteiger partial charge in [-0.3, -0.25) is 9.59 Å². The maximum atomic E-state index is 13.0. The summed E-state index contributed by atoms with van der Waals surface area (Å²) in [6, 6.07) is 10.8. The van der Waals surface area contributed by atoms with Crippen molar-refractivity contribution >= 4 is 33.9 Å². The Morgan fingerprint density at radius 3 is 2.46 bits per heavy atom. The third-order valence-electron chi connectivity index (χ3n) is 5.93. The number of hydrogen-bond donors (Lipinski definition) is 1. The molecular weight excluding hydrogens is 465 g/mol. The van der Waals surface area contributed by atoms with Crippen LogP contribution >= 0.6 is 0 Å². The number of aromatic nitrogens is 2. The van der Waals surface area contributed by atoms with Crippen LogP contribution in [0.2, 0.25) is 0 Å². The molecule has 0 spiro atoms. The first-order chi connectivity index (χ1) is 16.6. The number of nitrogens with zero attached hydrogens (tertiary/aromatic N) is 3. The summed E-state index contributed by atoms with van der Waals surface area (Å²) in [5.74, 6) is -0.768. The molecule has 2 amide bonds. The highest BCUT2D eigenvalue weighted by Crippen LogP contribution is 2.36. The number of nitrogens with two attached hydrogens (primary N) is 1. The van der Waals surface area contributed by atoms with Crippen molar-refractivity contribution in [3.63, 3.8) is 0 Å². The fourth-order valence-corrected chi connectivity index (χ4v) is 4.24. The largest absolute Gasteiger partial charge is 0.470 e. The van der Waals surface area contributed by atoms with Gasteiger partial charge in [-0.2, -0.15) is 18.2 Å². The molecule has 0 unspecified atom stereocenters. The standard InChI is InChI=1S/C24H19F3N4O4/c1-12(32)31-11-15(10-17(31)21(28)33)34-23-20-19(16-4-2-3-5-18(16)35-20)29-22(30-23)13-6-8-14(9-7-13)24(25,26)27/h2-9,15,17H,10-11H2,1H3,(H2,28,33)/t15-,17+/m1/s1. The molecule has 2 aromatic heterocycles. The predicted molar refractivity (Wildman–Crippen MR) is 119 cm³/mol. The maximum absolute atomic E-state index is 13.0. The van der Waals surface area contributed by atoms with Gasteiger partial charge in [0.1, 0.15) is 23.2 Å². The average Bonchev–Trinajstić information content (AvgIpc) is 3.41. The smallest absolute Gasteiger partial charge is 0.416 e. The minimum absolute atomic E-state index is 0.0553. The first-order valence-electron chi connectivity index (χ1n) is 10.7. The lowest BCUT2D eigenvalue weighted by Gasteiger charge is -2.19. The zero-order valence-electron chi connectivity index (χ0n) is 18.4. The lowest BCUT2D eigenvalue weighted by molar-refractivity contribution is -0.137. The summed E-state index contributed by atoms with van der Waals surface area (Å²) in [5, 5.41) is 0.676. The van der Waals surface area contributed by atoms with Gasteiger partial charge in [-0.25, -0.2) is 4.98 Å². The van der Waals surface area contributed by atoms with Gasteiger partial charge in [0.25, 0.3) is 5.88 Å². The van der Waals surface area contributed by atoms with Crippen LogP contribution in [0.15, 0.2) is 52.9 Å². The Kier molecular flexibility index (Phi) is 5.34. The molecule has 0 saturated carbocycles. The molecule has 1 aliphatic rings. The topological polar surface area (TPSA) is 112 Å². The predicted octanol–water partition coefficient (Wildman–Crippen LogP) is 3.92. The van der Waals surface area contributed by atoms with Gasteiger partial charge < -0.3 is 19.8 Å². The molecular formula is C24H19F3N4O4. The van der Waals surface area contributed by atoms with Gasteiger partial charge in [0, 0.05) is 24.3 Å². The minimum atomic E-state index is -4.47. The van der Waals surface area contributed by atoms with Crippen LogP contribution in [-0.4, -0.2) is 45.4 Å². The van der Waals surface area contributed by atoms with Crippen LogP contribution in [-0.2, 0) is 15.8 Å². The monoisotopic (exact) mass is 484 g/mol. The van der Waals surface area contributed by atoms with E-state index in [9.17, 15) is 22.8 Å². The van der Waals surface area contributed by atoms with E-state index >= 15 is 0 Å². The number of benzene rings is 2. The third-order valence-corrected chi connectivity index (χ3v) is 5.93. The van der Waals surface area contributed by atoms with Crippen LogP contribution in [0.1, 0.15) is 18.9 Å². The van der Waals surface area contributed by atoms with Crippen LogP contribution in [0.3, 0.4) is 0 Å². The summed E-state index contributed by atoms with van der Waals surface area (Å²) in [5.41, 5.74) is 6.21. The molecule has 1 saturated heterocycles. The molecule has 0 bridgehead atoms. The van der Waals surface area contributed by atoms with Crippen molar-refractivity contribution in [1.29, 1.82) is 0 Å². The Hall–Kier alpha value is -4.15. The fraction of sp³-hybridized carbons (Fsp3) is 0.250. The number of rotatable bonds is 4. The first-order valence-corrected chi connectivity index (χ1v) is 10.7. The van der Waals surface area contributed by atoms with E-state index in [1.807, 2.05) is 0 Å². The summed E-state index contributed by atoms with van der Waals surface area (Å²) in [7, 11) is 0. The van der Waals surface area contributed by atoms with Crippen LogP contribution < -0.4 is 10.5 Å². The van der Waals surface area contributed by atoms with Crippen molar-refractivity contribution < 1.29 is 31.9 Å². The zero-order chi connectivity index (χ0) is 24.9. The van der Waals surface area contributed by atoms with Crippen LogP contribution in [0.5, 0.6) is 5.88 Å². The maximum Gasteiger partial charge on any atom is 0.416 e. The number of ether oxygens (including phenoxy) is 1. The lowest BCUT2D eigenvalue weighted by atomic mass is 10.1. The lowest BCUT2D eigenvalue weighted by Crippen LogP contribution is -2.42. The van der Waals surface area contributed by atoms with Crippen molar-refractivity contribution in [2.24, 2.45) is 5.73 Å². The molecule has 1 fully saturated rings. The number of carbonyl (C=O) groups is 2. The summed E-state index contributed by atoms with van der Waals surface area (Å²) >= 11 is 0. The normalized spacial score (nSPS) is 18.3.